The highest BCUT2D eigenvalue weighted by molar-refractivity contribution is 5.95. The zero-order valence-electron chi connectivity index (χ0n) is 25.9. The van der Waals surface area contributed by atoms with Crippen molar-refractivity contribution >= 4 is 28.1 Å². The van der Waals surface area contributed by atoms with Crippen LogP contribution in [0.15, 0.2) is 107 Å². The Labute approximate surface area is 269 Å². The van der Waals surface area contributed by atoms with Crippen molar-refractivity contribution in [2.24, 2.45) is 0 Å². The smallest absolute Gasteiger partial charge is 0.252 e. The van der Waals surface area contributed by atoms with Crippen LogP contribution >= 0.6 is 0 Å². The summed E-state index contributed by atoms with van der Waals surface area (Å²) >= 11 is 0. The van der Waals surface area contributed by atoms with Gasteiger partial charge in [-0.3, -0.25) is 19.6 Å². The van der Waals surface area contributed by atoms with Crippen molar-refractivity contribution in [2.45, 2.75) is 19.4 Å². The fourth-order valence-corrected chi connectivity index (χ4v) is 5.56. The van der Waals surface area contributed by atoms with Crippen LogP contribution in [-0.2, 0) is 27.4 Å². The first-order valence-electron chi connectivity index (χ1n) is 14.9. The molecule has 0 aliphatic carbocycles. The van der Waals surface area contributed by atoms with Crippen LogP contribution in [0.25, 0.3) is 44.3 Å². The minimum atomic E-state index is -0.409. The molecule has 0 N–H and O–H groups in total. The van der Waals surface area contributed by atoms with Crippen molar-refractivity contribution in [1.82, 2.24) is 19.1 Å². The number of hydrogen-bond donors (Lipinski definition) is 0. The van der Waals surface area contributed by atoms with Crippen LogP contribution in [0, 0.1) is 0 Å². The van der Waals surface area contributed by atoms with E-state index < -0.39 is 6.29 Å². The first kappa shape index (κ1) is 31.3. The Hall–Kier alpha value is -5.65. The molecule has 0 atom stereocenters. The first-order chi connectivity index (χ1) is 23.0. The Morgan fingerprint density at radius 1 is 0.723 bits per heavy atom. The molecule has 1 aliphatic rings. The molecular formula is C36H32N4O7. The number of methoxy groups -OCH3 is 2. The van der Waals surface area contributed by atoms with Gasteiger partial charge in [-0.2, -0.15) is 0 Å². The summed E-state index contributed by atoms with van der Waals surface area (Å²) < 4.78 is 24.7. The normalized spacial score (nSPS) is 12.9. The minimum absolute atomic E-state index is 0.00496. The Balaban J connectivity index is 0.000000166. The topological polar surface area (TPSA) is 124 Å². The van der Waals surface area contributed by atoms with E-state index in [0.29, 0.717) is 48.8 Å². The van der Waals surface area contributed by atoms with E-state index in [-0.39, 0.29) is 17.7 Å². The van der Waals surface area contributed by atoms with Gasteiger partial charge in [0.25, 0.3) is 11.1 Å². The van der Waals surface area contributed by atoms with E-state index in [1.807, 2.05) is 66.7 Å². The zero-order valence-corrected chi connectivity index (χ0v) is 25.9. The number of rotatable bonds is 8. The number of fused-ring (bicyclic) bond motifs is 2. The second-order valence-electron chi connectivity index (χ2n) is 10.5. The molecule has 6 aromatic rings. The van der Waals surface area contributed by atoms with Crippen molar-refractivity contribution in [3.63, 3.8) is 0 Å². The predicted octanol–water partition coefficient (Wildman–Crippen LogP) is 4.72. The van der Waals surface area contributed by atoms with Gasteiger partial charge >= 0.3 is 0 Å². The number of aromatic nitrogens is 4. The van der Waals surface area contributed by atoms with Crippen molar-refractivity contribution in [1.29, 1.82) is 0 Å². The number of ether oxygens (including phenoxy) is 4. The van der Waals surface area contributed by atoms with E-state index >= 15 is 0 Å². The van der Waals surface area contributed by atoms with Crippen LogP contribution < -0.4 is 20.6 Å². The van der Waals surface area contributed by atoms with Gasteiger partial charge in [0.2, 0.25) is 0 Å². The number of nitrogens with zero attached hydrogens (tertiary/aromatic N) is 4. The number of carbonyl (C=O) groups excluding carboxylic acids is 1. The molecule has 1 aliphatic heterocycles. The van der Waals surface area contributed by atoms with E-state index in [2.05, 4.69) is 9.97 Å². The molecule has 0 unspecified atom stereocenters. The van der Waals surface area contributed by atoms with Gasteiger partial charge < -0.3 is 32.9 Å². The number of pyridine rings is 4. The molecule has 4 aromatic heterocycles. The summed E-state index contributed by atoms with van der Waals surface area (Å²) in [5.74, 6) is 1.32. The molecule has 0 bridgehead atoms. The van der Waals surface area contributed by atoms with Gasteiger partial charge in [-0.1, -0.05) is 12.1 Å². The lowest BCUT2D eigenvalue weighted by molar-refractivity contribution is -0.108. The summed E-state index contributed by atoms with van der Waals surface area (Å²) in [7, 11) is 3.17. The van der Waals surface area contributed by atoms with Gasteiger partial charge in [0.1, 0.15) is 17.8 Å². The maximum Gasteiger partial charge on any atom is 0.252 e. The van der Waals surface area contributed by atoms with Crippen LogP contribution in [0.2, 0.25) is 0 Å². The molecule has 0 spiro atoms. The van der Waals surface area contributed by atoms with Gasteiger partial charge in [-0.15, -0.1) is 0 Å². The second-order valence-corrected chi connectivity index (χ2v) is 10.5. The molecule has 47 heavy (non-hydrogen) atoms. The SMILES string of the molecule is COc1ccc2c(-c3ccccn3)cc(=O)n(CC3OCCO3)c2c1.COc1ccc2c(-c3ccccn3)cc(=O)n(CC=O)c2c1. The van der Waals surface area contributed by atoms with E-state index in [1.54, 1.807) is 43.3 Å². The number of hydrogen-bond acceptors (Lipinski definition) is 9. The molecule has 7 rings (SSSR count). The number of carbonyl (C=O) groups is 1. The molecule has 238 valence electrons. The molecule has 0 amide bonds. The number of aldehydes is 1. The summed E-state index contributed by atoms with van der Waals surface area (Å²) in [6, 6.07) is 25.5. The summed E-state index contributed by atoms with van der Waals surface area (Å²) in [5.41, 5.74) is 4.07. The monoisotopic (exact) mass is 632 g/mol. The lowest BCUT2D eigenvalue weighted by atomic mass is 10.0. The van der Waals surface area contributed by atoms with Crippen LogP contribution in [0.5, 0.6) is 11.5 Å². The van der Waals surface area contributed by atoms with Crippen LogP contribution in [0.1, 0.15) is 0 Å². The molecule has 0 radical (unpaired) electrons. The average molecular weight is 633 g/mol. The highest BCUT2D eigenvalue weighted by Gasteiger charge is 2.20. The molecule has 11 nitrogen and oxygen atoms in total. The predicted molar refractivity (Wildman–Crippen MR) is 178 cm³/mol. The molecule has 1 saturated heterocycles. The summed E-state index contributed by atoms with van der Waals surface area (Å²) in [6.07, 6.45) is 3.70. The van der Waals surface area contributed by atoms with Gasteiger partial charge in [-0.05, 0) is 48.5 Å². The molecular weight excluding hydrogens is 600 g/mol. The molecule has 11 heteroatoms. The third-order valence-electron chi connectivity index (χ3n) is 7.80. The van der Waals surface area contributed by atoms with Crippen LogP contribution in [0.4, 0.5) is 0 Å². The third-order valence-corrected chi connectivity index (χ3v) is 7.80. The largest absolute Gasteiger partial charge is 0.497 e. The van der Waals surface area contributed by atoms with Crippen LogP contribution in [0.3, 0.4) is 0 Å². The summed E-state index contributed by atoms with van der Waals surface area (Å²) in [6.45, 7) is 1.44. The highest BCUT2D eigenvalue weighted by atomic mass is 16.7. The lowest BCUT2D eigenvalue weighted by Gasteiger charge is -2.17. The fraction of sp³-hybridized carbons (Fsp3) is 0.194. The maximum atomic E-state index is 12.8. The summed E-state index contributed by atoms with van der Waals surface area (Å²) in [4.78, 5) is 44.7. The fourth-order valence-electron chi connectivity index (χ4n) is 5.56. The molecule has 1 fully saturated rings. The van der Waals surface area contributed by atoms with Crippen LogP contribution in [-0.4, -0.2) is 59.1 Å². The van der Waals surface area contributed by atoms with E-state index in [4.69, 9.17) is 18.9 Å². The highest BCUT2D eigenvalue weighted by Crippen LogP contribution is 2.30. The van der Waals surface area contributed by atoms with Gasteiger partial charge in [0.15, 0.2) is 6.29 Å². The quantitative estimate of drug-likeness (QED) is 0.219. The Morgan fingerprint density at radius 3 is 1.70 bits per heavy atom. The van der Waals surface area contributed by atoms with Gasteiger partial charge in [0, 0.05) is 58.6 Å². The number of benzene rings is 2. The Kier molecular flexibility index (Phi) is 9.46. The first-order valence-corrected chi connectivity index (χ1v) is 14.9. The lowest BCUT2D eigenvalue weighted by Crippen LogP contribution is -2.27. The standard InChI is InChI=1S/C19H18N2O4.C17H14N2O3/c1-23-13-5-6-14-15(16-4-2-3-7-20-16)11-18(22)21(17(14)10-13)12-19-24-8-9-25-19;1-22-12-5-6-13-14(15-4-2-3-7-18-15)11-17(21)19(8-9-20)16(13)10-12/h2-7,10-11,19H,8-9,12H2,1H3;2-7,9-11H,8H2,1H3. The van der Waals surface area contributed by atoms with E-state index in [0.717, 1.165) is 33.1 Å². The maximum absolute atomic E-state index is 12.8. The summed E-state index contributed by atoms with van der Waals surface area (Å²) in [5, 5.41) is 1.78. The Morgan fingerprint density at radius 2 is 1.23 bits per heavy atom. The molecule has 2 aromatic carbocycles. The van der Waals surface area contributed by atoms with E-state index in [1.165, 1.54) is 10.6 Å². The van der Waals surface area contributed by atoms with Crippen molar-refractivity contribution in [3.05, 3.63) is 118 Å². The van der Waals surface area contributed by atoms with Crippen molar-refractivity contribution in [2.75, 3.05) is 27.4 Å². The second kappa shape index (κ2) is 14.2. The van der Waals surface area contributed by atoms with Gasteiger partial charge in [-0.25, -0.2) is 0 Å². The minimum Gasteiger partial charge on any atom is -0.497 e. The molecule has 0 saturated carbocycles. The Bertz CT molecular complexity index is 2140. The van der Waals surface area contributed by atoms with E-state index in [9.17, 15) is 14.4 Å². The van der Waals surface area contributed by atoms with Crippen molar-refractivity contribution in [3.8, 4) is 34.0 Å². The third kappa shape index (κ3) is 6.67. The molecule has 5 heterocycles. The average Bonchev–Trinajstić information content (AvgIpc) is 3.64. The van der Waals surface area contributed by atoms with Crippen molar-refractivity contribution < 1.29 is 23.7 Å². The zero-order chi connectivity index (χ0) is 32.8. The van der Waals surface area contributed by atoms with Gasteiger partial charge in [0.05, 0.1) is 62.9 Å².